The fourth-order valence-electron chi connectivity index (χ4n) is 2.63. The lowest BCUT2D eigenvalue weighted by atomic mass is 10.2. The van der Waals surface area contributed by atoms with E-state index in [2.05, 4.69) is 57.4 Å². The molecule has 0 unspecified atom stereocenters. The molecular formula is C17H29IN4O. The summed E-state index contributed by atoms with van der Waals surface area (Å²) in [5, 5.41) is 3.38. The Hall–Kier alpha value is -0.860. The van der Waals surface area contributed by atoms with E-state index in [1.165, 1.54) is 5.56 Å². The summed E-state index contributed by atoms with van der Waals surface area (Å²) in [6.45, 7) is 9.61. The molecule has 1 fully saturated rings. The second kappa shape index (κ2) is 11.6. The predicted molar refractivity (Wildman–Crippen MR) is 107 cm³/mol. The first-order valence-electron chi connectivity index (χ1n) is 8.12. The highest BCUT2D eigenvalue weighted by molar-refractivity contribution is 14.0. The van der Waals surface area contributed by atoms with Crippen LogP contribution >= 0.6 is 24.0 Å². The normalized spacial score (nSPS) is 16.1. The molecule has 2 rings (SSSR count). The van der Waals surface area contributed by atoms with Crippen LogP contribution in [0.15, 0.2) is 35.3 Å². The largest absolute Gasteiger partial charge is 0.383 e. The van der Waals surface area contributed by atoms with E-state index in [4.69, 9.17) is 4.74 Å². The summed E-state index contributed by atoms with van der Waals surface area (Å²) >= 11 is 0. The Balaban J connectivity index is 0.00000264. The highest BCUT2D eigenvalue weighted by Gasteiger charge is 2.19. The van der Waals surface area contributed by atoms with Gasteiger partial charge in [0.25, 0.3) is 0 Å². The molecule has 1 aromatic rings. The van der Waals surface area contributed by atoms with E-state index >= 15 is 0 Å². The number of hydrogen-bond donors (Lipinski definition) is 1. The van der Waals surface area contributed by atoms with Gasteiger partial charge in [-0.1, -0.05) is 30.3 Å². The summed E-state index contributed by atoms with van der Waals surface area (Å²) in [5.74, 6) is 1.01. The molecule has 0 spiro atoms. The summed E-state index contributed by atoms with van der Waals surface area (Å²) in [4.78, 5) is 9.48. The molecule has 1 aliphatic heterocycles. The van der Waals surface area contributed by atoms with Gasteiger partial charge in [-0.2, -0.15) is 0 Å². The van der Waals surface area contributed by atoms with Crippen molar-refractivity contribution < 1.29 is 4.74 Å². The molecule has 5 nitrogen and oxygen atoms in total. The number of ether oxygens (including phenoxy) is 1. The summed E-state index contributed by atoms with van der Waals surface area (Å²) in [6, 6.07) is 10.7. The van der Waals surface area contributed by atoms with Crippen molar-refractivity contribution in [2.75, 3.05) is 53.0 Å². The third-order valence-corrected chi connectivity index (χ3v) is 3.81. The Morgan fingerprint density at radius 3 is 2.48 bits per heavy atom. The summed E-state index contributed by atoms with van der Waals surface area (Å²) in [5.41, 5.74) is 1.39. The molecular weight excluding hydrogens is 403 g/mol. The Morgan fingerprint density at radius 2 is 1.87 bits per heavy atom. The minimum atomic E-state index is 0. The van der Waals surface area contributed by atoms with Crippen molar-refractivity contribution in [2.45, 2.75) is 13.5 Å². The first-order chi connectivity index (χ1) is 10.8. The van der Waals surface area contributed by atoms with Gasteiger partial charge in [-0.15, -0.1) is 24.0 Å². The molecule has 1 N–H and O–H groups in total. The lowest BCUT2D eigenvalue weighted by Crippen LogP contribution is -2.52. The Labute approximate surface area is 157 Å². The predicted octanol–water partition coefficient (Wildman–Crippen LogP) is 2.03. The minimum absolute atomic E-state index is 0. The molecule has 1 saturated heterocycles. The quantitative estimate of drug-likeness (QED) is 0.323. The van der Waals surface area contributed by atoms with Crippen LogP contribution < -0.4 is 5.32 Å². The van der Waals surface area contributed by atoms with Gasteiger partial charge in [-0.3, -0.25) is 9.89 Å². The van der Waals surface area contributed by atoms with Gasteiger partial charge in [0.1, 0.15) is 0 Å². The molecule has 0 aromatic heterocycles. The molecule has 1 heterocycles. The molecule has 6 heteroatoms. The molecule has 0 atom stereocenters. The van der Waals surface area contributed by atoms with Crippen molar-refractivity contribution in [3.05, 3.63) is 35.9 Å². The number of hydrogen-bond acceptors (Lipinski definition) is 3. The molecule has 130 valence electrons. The van der Waals surface area contributed by atoms with Crippen LogP contribution in [0.2, 0.25) is 0 Å². The topological polar surface area (TPSA) is 40.1 Å². The molecule has 0 aliphatic carbocycles. The molecule has 0 radical (unpaired) electrons. The number of nitrogens with zero attached hydrogens (tertiary/aromatic N) is 3. The molecule has 0 bridgehead atoms. The maximum Gasteiger partial charge on any atom is 0.194 e. The van der Waals surface area contributed by atoms with Crippen molar-refractivity contribution in [1.82, 2.24) is 15.1 Å². The zero-order valence-corrected chi connectivity index (χ0v) is 16.5. The number of halogens is 1. The van der Waals surface area contributed by atoms with Crippen LogP contribution in [-0.4, -0.2) is 68.7 Å². The zero-order valence-electron chi connectivity index (χ0n) is 14.2. The number of guanidine groups is 1. The van der Waals surface area contributed by atoms with Gasteiger partial charge in [0.05, 0.1) is 13.2 Å². The molecule has 0 saturated carbocycles. The van der Waals surface area contributed by atoms with Gasteiger partial charge < -0.3 is 15.0 Å². The molecule has 23 heavy (non-hydrogen) atoms. The van der Waals surface area contributed by atoms with Gasteiger partial charge >= 0.3 is 0 Å². The van der Waals surface area contributed by atoms with Crippen LogP contribution in [0, 0.1) is 0 Å². The summed E-state index contributed by atoms with van der Waals surface area (Å²) in [7, 11) is 1.71. The number of piperazine rings is 1. The van der Waals surface area contributed by atoms with E-state index in [1.807, 2.05) is 0 Å². The first-order valence-corrected chi connectivity index (χ1v) is 8.12. The number of nitrogens with one attached hydrogen (secondary N) is 1. The fourth-order valence-corrected chi connectivity index (χ4v) is 2.63. The molecule has 0 amide bonds. The average Bonchev–Trinajstić information content (AvgIpc) is 2.56. The molecule has 1 aromatic carbocycles. The van der Waals surface area contributed by atoms with Crippen molar-refractivity contribution in [3.63, 3.8) is 0 Å². The maximum absolute atomic E-state index is 5.08. The van der Waals surface area contributed by atoms with Crippen LogP contribution in [-0.2, 0) is 11.3 Å². The van der Waals surface area contributed by atoms with Crippen molar-refractivity contribution in [2.24, 2.45) is 4.99 Å². The highest BCUT2D eigenvalue weighted by Crippen LogP contribution is 2.08. The maximum atomic E-state index is 5.08. The zero-order chi connectivity index (χ0) is 15.6. The van der Waals surface area contributed by atoms with E-state index in [-0.39, 0.29) is 24.0 Å². The average molecular weight is 432 g/mol. The van der Waals surface area contributed by atoms with Crippen molar-refractivity contribution >= 4 is 29.9 Å². The van der Waals surface area contributed by atoms with Crippen LogP contribution in [0.4, 0.5) is 0 Å². The van der Waals surface area contributed by atoms with Gasteiger partial charge in [0, 0.05) is 46.4 Å². The highest BCUT2D eigenvalue weighted by atomic mass is 127. The lowest BCUT2D eigenvalue weighted by molar-refractivity contribution is 0.171. The van der Waals surface area contributed by atoms with E-state index in [1.54, 1.807) is 7.11 Å². The van der Waals surface area contributed by atoms with Crippen LogP contribution in [0.1, 0.15) is 12.5 Å². The van der Waals surface area contributed by atoms with Crippen molar-refractivity contribution in [3.8, 4) is 0 Å². The van der Waals surface area contributed by atoms with Gasteiger partial charge in [0.2, 0.25) is 0 Å². The van der Waals surface area contributed by atoms with Gasteiger partial charge in [-0.25, -0.2) is 0 Å². The summed E-state index contributed by atoms with van der Waals surface area (Å²) in [6.07, 6.45) is 0. The lowest BCUT2D eigenvalue weighted by Gasteiger charge is -2.36. The van der Waals surface area contributed by atoms with Gasteiger partial charge in [-0.05, 0) is 12.5 Å². The fraction of sp³-hybridized carbons (Fsp3) is 0.588. The number of rotatable bonds is 6. The first kappa shape index (κ1) is 20.2. The third-order valence-electron chi connectivity index (χ3n) is 3.81. The smallest absolute Gasteiger partial charge is 0.194 e. The third kappa shape index (κ3) is 7.05. The SMILES string of the molecule is CCNC(=NCCOC)N1CCN(Cc2ccccc2)CC1.I. The van der Waals surface area contributed by atoms with E-state index in [0.29, 0.717) is 13.2 Å². The van der Waals surface area contributed by atoms with E-state index in [9.17, 15) is 0 Å². The van der Waals surface area contributed by atoms with Crippen LogP contribution in [0.5, 0.6) is 0 Å². The standard InChI is InChI=1S/C17H28N4O.HI/c1-3-18-17(19-9-14-22-2)21-12-10-20(11-13-21)15-16-7-5-4-6-8-16;/h4-8H,3,9-15H2,1-2H3,(H,18,19);1H. The van der Waals surface area contributed by atoms with Crippen LogP contribution in [0.3, 0.4) is 0 Å². The minimum Gasteiger partial charge on any atom is -0.383 e. The summed E-state index contributed by atoms with van der Waals surface area (Å²) < 4.78 is 5.08. The van der Waals surface area contributed by atoms with Crippen molar-refractivity contribution in [1.29, 1.82) is 0 Å². The van der Waals surface area contributed by atoms with Crippen LogP contribution in [0.25, 0.3) is 0 Å². The number of methoxy groups -OCH3 is 1. The number of benzene rings is 1. The van der Waals surface area contributed by atoms with Gasteiger partial charge in [0.15, 0.2) is 5.96 Å². The Bertz CT molecular complexity index is 447. The number of aliphatic imine (C=N–C) groups is 1. The second-order valence-corrected chi connectivity index (χ2v) is 5.48. The molecule has 1 aliphatic rings. The monoisotopic (exact) mass is 432 g/mol. The van der Waals surface area contributed by atoms with E-state index < -0.39 is 0 Å². The Morgan fingerprint density at radius 1 is 1.17 bits per heavy atom. The second-order valence-electron chi connectivity index (χ2n) is 5.48. The van der Waals surface area contributed by atoms with E-state index in [0.717, 1.165) is 45.2 Å². The Kier molecular flexibility index (Phi) is 10.2.